The summed E-state index contributed by atoms with van der Waals surface area (Å²) in [5.41, 5.74) is 18.8. The van der Waals surface area contributed by atoms with E-state index in [0.29, 0.717) is 24.3 Å². The van der Waals surface area contributed by atoms with E-state index in [-0.39, 0.29) is 29.1 Å². The van der Waals surface area contributed by atoms with Gasteiger partial charge in [-0.2, -0.15) is 4.98 Å². The Morgan fingerprint density at radius 3 is 2.80 bits per heavy atom. The summed E-state index contributed by atoms with van der Waals surface area (Å²) in [6.45, 7) is 0.377. The molecule has 0 aliphatic carbocycles. The molecule has 7 heteroatoms. The Kier molecular flexibility index (Phi) is 2.81. The molecule has 6 N–H and O–H groups in total. The van der Waals surface area contributed by atoms with Crippen molar-refractivity contribution >= 4 is 17.5 Å². The third kappa shape index (κ3) is 1.87. The van der Waals surface area contributed by atoms with E-state index in [4.69, 9.17) is 21.9 Å². The number of benzene rings is 1. The summed E-state index contributed by atoms with van der Waals surface area (Å²) >= 11 is 0. The predicted molar refractivity (Wildman–Crippen MR) is 73.6 cm³/mol. The second kappa shape index (κ2) is 4.52. The third-order valence-electron chi connectivity index (χ3n) is 3.38. The zero-order chi connectivity index (χ0) is 14.3. The smallest absolute Gasteiger partial charge is 0.222 e. The van der Waals surface area contributed by atoms with Gasteiger partial charge in [-0.1, -0.05) is 12.1 Å². The molecule has 1 aliphatic heterocycles. The molecule has 0 fully saturated rings. The number of hydrogen-bond acceptors (Lipinski definition) is 6. The highest BCUT2D eigenvalue weighted by molar-refractivity contribution is 5.65. The van der Waals surface area contributed by atoms with E-state index in [0.717, 1.165) is 0 Å². The molecular formula is C13H14FN5O. The van der Waals surface area contributed by atoms with Gasteiger partial charge in [-0.15, -0.1) is 0 Å². The Morgan fingerprint density at radius 2 is 2.00 bits per heavy atom. The van der Waals surface area contributed by atoms with Crippen molar-refractivity contribution in [3.63, 3.8) is 0 Å². The monoisotopic (exact) mass is 275 g/mol. The van der Waals surface area contributed by atoms with Gasteiger partial charge in [-0.3, -0.25) is 0 Å². The Balaban J connectivity index is 2.16. The molecule has 1 atom stereocenters. The average molecular weight is 275 g/mol. The van der Waals surface area contributed by atoms with E-state index in [1.165, 1.54) is 6.07 Å². The number of anilines is 3. The number of halogens is 1. The number of nitrogen functional groups attached to an aromatic ring is 3. The van der Waals surface area contributed by atoms with Crippen molar-refractivity contribution in [1.82, 2.24) is 9.97 Å². The van der Waals surface area contributed by atoms with Gasteiger partial charge in [-0.25, -0.2) is 9.37 Å². The quantitative estimate of drug-likeness (QED) is 0.722. The van der Waals surface area contributed by atoms with E-state index in [2.05, 4.69) is 9.97 Å². The molecule has 20 heavy (non-hydrogen) atoms. The van der Waals surface area contributed by atoms with Crippen LogP contribution in [0.2, 0.25) is 0 Å². The van der Waals surface area contributed by atoms with Crippen LogP contribution in [0.4, 0.5) is 21.8 Å². The number of rotatable bonds is 1. The normalized spacial score (nSPS) is 17.4. The summed E-state index contributed by atoms with van der Waals surface area (Å²) < 4.78 is 19.2. The maximum absolute atomic E-state index is 13.8. The molecule has 0 radical (unpaired) electrons. The van der Waals surface area contributed by atoms with E-state index in [1.54, 1.807) is 12.1 Å². The van der Waals surface area contributed by atoms with Gasteiger partial charge < -0.3 is 21.9 Å². The lowest BCUT2D eigenvalue weighted by atomic mass is 9.89. The van der Waals surface area contributed by atoms with Crippen molar-refractivity contribution in [1.29, 1.82) is 0 Å². The van der Waals surface area contributed by atoms with E-state index < -0.39 is 5.82 Å². The van der Waals surface area contributed by atoms with E-state index in [1.807, 2.05) is 0 Å². The summed E-state index contributed by atoms with van der Waals surface area (Å²) in [7, 11) is 0. The molecule has 1 aliphatic rings. The highest BCUT2D eigenvalue weighted by atomic mass is 19.1. The fourth-order valence-corrected chi connectivity index (χ4v) is 2.46. The maximum Gasteiger partial charge on any atom is 0.222 e. The molecule has 2 aromatic rings. The minimum absolute atomic E-state index is 0.0520. The summed E-state index contributed by atoms with van der Waals surface area (Å²) in [5.74, 6) is -0.185. The number of nitrogens with two attached hydrogens (primary N) is 3. The molecule has 2 heterocycles. The van der Waals surface area contributed by atoms with Crippen molar-refractivity contribution in [2.24, 2.45) is 0 Å². The average Bonchev–Trinajstić information content (AvgIpc) is 2.43. The van der Waals surface area contributed by atoms with Gasteiger partial charge in [0.1, 0.15) is 0 Å². The van der Waals surface area contributed by atoms with Crippen LogP contribution < -0.4 is 21.9 Å². The van der Waals surface area contributed by atoms with Crippen molar-refractivity contribution < 1.29 is 9.13 Å². The number of fused-ring (bicyclic) bond motifs is 1. The van der Waals surface area contributed by atoms with Gasteiger partial charge in [0.15, 0.2) is 17.4 Å². The number of aromatic nitrogens is 2. The lowest BCUT2D eigenvalue weighted by molar-refractivity contribution is 0.262. The third-order valence-corrected chi connectivity index (χ3v) is 3.38. The van der Waals surface area contributed by atoms with Gasteiger partial charge in [0, 0.05) is 11.5 Å². The Bertz CT molecular complexity index is 676. The van der Waals surface area contributed by atoms with Crippen LogP contribution in [-0.2, 0) is 0 Å². The Morgan fingerprint density at radius 1 is 1.20 bits per heavy atom. The lowest BCUT2D eigenvalue weighted by Gasteiger charge is -2.26. The van der Waals surface area contributed by atoms with Crippen LogP contribution in [0.1, 0.15) is 23.6 Å². The summed E-state index contributed by atoms with van der Waals surface area (Å²) in [5, 5.41) is 0. The van der Waals surface area contributed by atoms with E-state index in [9.17, 15) is 4.39 Å². The molecular weight excluding hydrogens is 261 g/mol. The molecule has 0 bridgehead atoms. The number of para-hydroxylation sites is 1. The van der Waals surface area contributed by atoms with Gasteiger partial charge in [0.25, 0.3) is 0 Å². The molecule has 1 unspecified atom stereocenters. The molecule has 104 valence electrons. The summed E-state index contributed by atoms with van der Waals surface area (Å²) in [6.07, 6.45) is 0.622. The molecule has 1 aromatic heterocycles. The van der Waals surface area contributed by atoms with Crippen molar-refractivity contribution in [3.05, 3.63) is 35.3 Å². The summed E-state index contributed by atoms with van der Waals surface area (Å²) in [4.78, 5) is 7.99. The van der Waals surface area contributed by atoms with Gasteiger partial charge in [0.05, 0.1) is 18.0 Å². The van der Waals surface area contributed by atoms with Gasteiger partial charge >= 0.3 is 0 Å². The minimum atomic E-state index is -0.402. The van der Waals surface area contributed by atoms with Crippen LogP contribution in [0, 0.1) is 5.82 Å². The first-order valence-corrected chi connectivity index (χ1v) is 6.17. The van der Waals surface area contributed by atoms with Crippen molar-refractivity contribution in [2.45, 2.75) is 12.3 Å². The number of ether oxygens (including phenoxy) is 1. The molecule has 3 rings (SSSR count). The lowest BCUT2D eigenvalue weighted by Crippen LogP contribution is -2.20. The maximum atomic E-state index is 13.8. The summed E-state index contributed by atoms with van der Waals surface area (Å²) in [6, 6.07) is 4.77. The molecule has 0 amide bonds. The van der Waals surface area contributed by atoms with Gasteiger partial charge in [-0.05, 0) is 12.5 Å². The molecule has 6 nitrogen and oxygen atoms in total. The highest BCUT2D eigenvalue weighted by Crippen LogP contribution is 2.41. The second-order valence-electron chi connectivity index (χ2n) is 4.61. The highest BCUT2D eigenvalue weighted by Gasteiger charge is 2.28. The van der Waals surface area contributed by atoms with E-state index >= 15 is 0 Å². The first-order valence-electron chi connectivity index (χ1n) is 6.17. The van der Waals surface area contributed by atoms with Crippen LogP contribution >= 0.6 is 0 Å². The zero-order valence-electron chi connectivity index (χ0n) is 10.6. The van der Waals surface area contributed by atoms with Crippen LogP contribution in [0.5, 0.6) is 5.75 Å². The first kappa shape index (κ1) is 12.5. The van der Waals surface area contributed by atoms with Crippen LogP contribution in [0.15, 0.2) is 18.2 Å². The Labute approximate surface area is 114 Å². The topological polar surface area (TPSA) is 113 Å². The standard InChI is InChI=1S/C13H14FN5O/c14-8-3-1-2-7-6(4-5-20-11(7)8)10-9(15)12(16)19-13(17)18-10/h1-3,6H,4-5,15H2,(H4,16,17,18,19). The zero-order valence-corrected chi connectivity index (χ0v) is 10.6. The van der Waals surface area contributed by atoms with Crippen molar-refractivity contribution in [2.75, 3.05) is 23.8 Å². The Hall–Kier alpha value is -2.57. The second-order valence-corrected chi connectivity index (χ2v) is 4.61. The van der Waals surface area contributed by atoms with Gasteiger partial charge in [0.2, 0.25) is 5.95 Å². The SMILES string of the molecule is Nc1nc(N)c(N)c(C2CCOc3c(F)cccc32)n1. The largest absolute Gasteiger partial charge is 0.490 e. The molecule has 0 saturated carbocycles. The van der Waals surface area contributed by atoms with Crippen molar-refractivity contribution in [3.8, 4) is 5.75 Å². The van der Waals surface area contributed by atoms with Crippen LogP contribution in [0.25, 0.3) is 0 Å². The minimum Gasteiger partial charge on any atom is -0.490 e. The predicted octanol–water partition coefficient (Wildman–Crippen LogP) is 1.28. The fourth-order valence-electron chi connectivity index (χ4n) is 2.46. The number of hydrogen-bond donors (Lipinski definition) is 3. The van der Waals surface area contributed by atoms with Crippen LogP contribution in [-0.4, -0.2) is 16.6 Å². The first-order chi connectivity index (χ1) is 9.58. The molecule has 1 aromatic carbocycles. The van der Waals surface area contributed by atoms with Crippen LogP contribution in [0.3, 0.4) is 0 Å². The molecule has 0 saturated heterocycles. The molecule has 0 spiro atoms. The fraction of sp³-hybridized carbons (Fsp3) is 0.231. The number of nitrogens with zero attached hydrogens (tertiary/aromatic N) is 2.